The van der Waals surface area contributed by atoms with Gasteiger partial charge in [-0.15, -0.1) is 0 Å². The second kappa shape index (κ2) is 6.37. The third kappa shape index (κ3) is 3.02. The number of benzene rings is 2. The Labute approximate surface area is 127 Å². The van der Waals surface area contributed by atoms with Crippen molar-refractivity contribution in [2.45, 2.75) is 13.0 Å². The fourth-order valence-corrected chi connectivity index (χ4v) is 2.79. The first-order valence-corrected chi connectivity index (χ1v) is 7.13. The lowest BCUT2D eigenvalue weighted by Crippen LogP contribution is -2.19. The van der Waals surface area contributed by atoms with Crippen molar-refractivity contribution in [3.63, 3.8) is 0 Å². The maximum Gasteiger partial charge on any atom is 0.123 e. The van der Waals surface area contributed by atoms with Gasteiger partial charge in [0.1, 0.15) is 11.6 Å². The molecule has 2 nitrogen and oxygen atoms in total. The van der Waals surface area contributed by atoms with Crippen molar-refractivity contribution in [2.24, 2.45) is 0 Å². The van der Waals surface area contributed by atoms with Crippen molar-refractivity contribution >= 4 is 15.9 Å². The van der Waals surface area contributed by atoms with Crippen LogP contribution in [0.25, 0.3) is 0 Å². The zero-order valence-electron chi connectivity index (χ0n) is 11.7. The number of ether oxygens (including phenoxy) is 1. The van der Waals surface area contributed by atoms with E-state index in [1.807, 2.05) is 32.2 Å². The fourth-order valence-electron chi connectivity index (χ4n) is 2.31. The van der Waals surface area contributed by atoms with E-state index in [0.717, 1.165) is 26.9 Å². The Bertz CT molecular complexity index is 615. The molecule has 0 radical (unpaired) electrons. The first-order valence-electron chi connectivity index (χ1n) is 6.33. The molecule has 0 spiro atoms. The minimum Gasteiger partial charge on any atom is -0.497 e. The van der Waals surface area contributed by atoms with Crippen LogP contribution in [0.3, 0.4) is 0 Å². The molecule has 1 unspecified atom stereocenters. The molecule has 0 saturated carbocycles. The number of nitrogens with one attached hydrogen (secondary N) is 1. The Morgan fingerprint density at radius 2 is 1.90 bits per heavy atom. The van der Waals surface area contributed by atoms with Crippen LogP contribution in [0.2, 0.25) is 0 Å². The van der Waals surface area contributed by atoms with E-state index in [4.69, 9.17) is 4.74 Å². The molecule has 0 amide bonds. The summed E-state index contributed by atoms with van der Waals surface area (Å²) in [6.07, 6.45) is 0. The summed E-state index contributed by atoms with van der Waals surface area (Å²) in [5.41, 5.74) is 3.07. The van der Waals surface area contributed by atoms with E-state index in [2.05, 4.69) is 21.2 Å². The Morgan fingerprint density at radius 3 is 2.50 bits per heavy atom. The molecule has 0 saturated heterocycles. The van der Waals surface area contributed by atoms with E-state index in [9.17, 15) is 4.39 Å². The van der Waals surface area contributed by atoms with Crippen LogP contribution >= 0.6 is 15.9 Å². The number of methoxy groups -OCH3 is 1. The number of hydrogen-bond acceptors (Lipinski definition) is 2. The summed E-state index contributed by atoms with van der Waals surface area (Å²) in [6, 6.07) is 10.6. The van der Waals surface area contributed by atoms with E-state index in [1.54, 1.807) is 19.2 Å². The smallest absolute Gasteiger partial charge is 0.123 e. The van der Waals surface area contributed by atoms with Crippen LogP contribution in [0.15, 0.2) is 40.9 Å². The first kappa shape index (κ1) is 15.0. The largest absolute Gasteiger partial charge is 0.497 e. The highest BCUT2D eigenvalue weighted by molar-refractivity contribution is 9.10. The van der Waals surface area contributed by atoms with Gasteiger partial charge in [0.2, 0.25) is 0 Å². The van der Waals surface area contributed by atoms with Gasteiger partial charge in [0, 0.05) is 4.47 Å². The number of halogens is 2. The monoisotopic (exact) mass is 337 g/mol. The lowest BCUT2D eigenvalue weighted by atomic mass is 9.95. The predicted octanol–water partition coefficient (Wildman–Crippen LogP) is 4.21. The summed E-state index contributed by atoms with van der Waals surface area (Å²) in [7, 11) is 3.51. The van der Waals surface area contributed by atoms with Gasteiger partial charge < -0.3 is 10.1 Å². The quantitative estimate of drug-likeness (QED) is 0.902. The Balaban J connectivity index is 2.49. The van der Waals surface area contributed by atoms with Gasteiger partial charge in [-0.2, -0.15) is 0 Å². The molecule has 0 heterocycles. The summed E-state index contributed by atoms with van der Waals surface area (Å²) in [4.78, 5) is 0. The molecule has 2 aromatic carbocycles. The maximum atomic E-state index is 13.5. The average Bonchev–Trinajstić information content (AvgIpc) is 2.44. The molecule has 1 N–H and O–H groups in total. The molecule has 106 valence electrons. The average molecular weight is 338 g/mol. The zero-order chi connectivity index (χ0) is 14.7. The van der Waals surface area contributed by atoms with Gasteiger partial charge in [0.25, 0.3) is 0 Å². The zero-order valence-corrected chi connectivity index (χ0v) is 13.3. The highest BCUT2D eigenvalue weighted by Crippen LogP contribution is 2.32. The topological polar surface area (TPSA) is 21.3 Å². The third-order valence-corrected chi connectivity index (χ3v) is 4.07. The fraction of sp³-hybridized carbons (Fsp3) is 0.250. The molecule has 4 heteroatoms. The second-order valence-electron chi connectivity index (χ2n) is 4.61. The van der Waals surface area contributed by atoms with Gasteiger partial charge in [-0.25, -0.2) is 4.39 Å². The summed E-state index contributed by atoms with van der Waals surface area (Å²) in [6.45, 7) is 2.02. The van der Waals surface area contributed by atoms with Crippen LogP contribution in [0.1, 0.15) is 22.7 Å². The standard InChI is InChI=1S/C16H17BrFNO/c1-10-8-12(20-3)5-6-13(10)16(19-2)14-9-11(18)4-7-15(14)17/h4-9,16,19H,1-3H3. The predicted molar refractivity (Wildman–Crippen MR) is 82.7 cm³/mol. The summed E-state index contributed by atoms with van der Waals surface area (Å²) in [5.74, 6) is 0.578. The maximum absolute atomic E-state index is 13.5. The molecular formula is C16H17BrFNO. The Kier molecular flexibility index (Phi) is 4.78. The van der Waals surface area contributed by atoms with E-state index in [-0.39, 0.29) is 11.9 Å². The van der Waals surface area contributed by atoms with Crippen molar-refractivity contribution in [1.82, 2.24) is 5.32 Å². The molecule has 2 rings (SSSR count). The minimum atomic E-state index is -0.241. The summed E-state index contributed by atoms with van der Waals surface area (Å²) in [5, 5.41) is 3.24. The third-order valence-electron chi connectivity index (χ3n) is 3.35. The SMILES string of the molecule is CNC(c1ccc(OC)cc1C)c1cc(F)ccc1Br. The molecule has 2 aromatic rings. The molecular weight excluding hydrogens is 321 g/mol. The normalized spacial score (nSPS) is 12.2. The number of rotatable bonds is 4. The molecule has 0 aliphatic rings. The summed E-state index contributed by atoms with van der Waals surface area (Å²) >= 11 is 3.49. The van der Waals surface area contributed by atoms with E-state index < -0.39 is 0 Å². The van der Waals surface area contributed by atoms with Crippen molar-refractivity contribution in [3.05, 3.63) is 63.4 Å². The lowest BCUT2D eigenvalue weighted by Gasteiger charge is -2.21. The minimum absolute atomic E-state index is 0.0778. The lowest BCUT2D eigenvalue weighted by molar-refractivity contribution is 0.414. The van der Waals surface area contributed by atoms with Crippen molar-refractivity contribution < 1.29 is 9.13 Å². The summed E-state index contributed by atoms with van der Waals surface area (Å²) < 4.78 is 19.6. The molecule has 0 aliphatic carbocycles. The van der Waals surface area contributed by atoms with Crippen LogP contribution in [0.5, 0.6) is 5.75 Å². The Hall–Kier alpha value is -1.39. The van der Waals surface area contributed by atoms with Gasteiger partial charge in [-0.1, -0.05) is 22.0 Å². The van der Waals surface area contributed by atoms with Crippen LogP contribution in [-0.4, -0.2) is 14.2 Å². The van der Waals surface area contributed by atoms with Crippen LogP contribution in [0.4, 0.5) is 4.39 Å². The molecule has 20 heavy (non-hydrogen) atoms. The number of hydrogen-bond donors (Lipinski definition) is 1. The molecule has 1 atom stereocenters. The van der Waals surface area contributed by atoms with Gasteiger partial charge >= 0.3 is 0 Å². The molecule has 0 bridgehead atoms. The van der Waals surface area contributed by atoms with E-state index in [0.29, 0.717) is 0 Å². The highest BCUT2D eigenvalue weighted by Gasteiger charge is 2.18. The van der Waals surface area contributed by atoms with Crippen molar-refractivity contribution in [2.75, 3.05) is 14.2 Å². The second-order valence-corrected chi connectivity index (χ2v) is 5.46. The van der Waals surface area contributed by atoms with Crippen LogP contribution < -0.4 is 10.1 Å². The Morgan fingerprint density at radius 1 is 1.15 bits per heavy atom. The molecule has 0 aliphatic heterocycles. The van der Waals surface area contributed by atoms with Gasteiger partial charge in [0.05, 0.1) is 13.2 Å². The van der Waals surface area contributed by atoms with Crippen molar-refractivity contribution in [3.8, 4) is 5.75 Å². The first-order chi connectivity index (χ1) is 9.56. The van der Waals surface area contributed by atoms with Crippen LogP contribution in [0, 0.1) is 12.7 Å². The molecule has 0 aromatic heterocycles. The molecule has 0 fully saturated rings. The highest BCUT2D eigenvalue weighted by atomic mass is 79.9. The van der Waals surface area contributed by atoms with Crippen LogP contribution in [-0.2, 0) is 0 Å². The van der Waals surface area contributed by atoms with E-state index >= 15 is 0 Å². The van der Waals surface area contributed by atoms with Crippen molar-refractivity contribution in [1.29, 1.82) is 0 Å². The van der Waals surface area contributed by atoms with Gasteiger partial charge in [-0.05, 0) is 61.0 Å². The van der Waals surface area contributed by atoms with E-state index in [1.165, 1.54) is 6.07 Å². The van der Waals surface area contributed by atoms with Gasteiger partial charge in [-0.3, -0.25) is 0 Å². The van der Waals surface area contributed by atoms with Gasteiger partial charge in [0.15, 0.2) is 0 Å². The number of aryl methyl sites for hydroxylation is 1.